The molecule has 1 aromatic carbocycles. The number of hydrogen-bond acceptors (Lipinski definition) is 3. The SMILES string of the molecule is NNC(Cc1ccncc1Cl)c1cc(F)ccc1Br. The lowest BCUT2D eigenvalue weighted by atomic mass is 10.00. The molecule has 0 radical (unpaired) electrons. The molecule has 0 spiro atoms. The molecule has 3 N–H and O–H groups in total. The van der Waals surface area contributed by atoms with Gasteiger partial charge in [-0.15, -0.1) is 0 Å². The molecule has 0 bridgehead atoms. The first-order valence-corrected chi connectivity index (χ1v) is 6.78. The first-order chi connectivity index (χ1) is 9.11. The minimum absolute atomic E-state index is 0.245. The molecule has 3 nitrogen and oxygen atoms in total. The van der Waals surface area contributed by atoms with Crippen LogP contribution in [0.5, 0.6) is 0 Å². The number of rotatable bonds is 4. The molecule has 0 saturated heterocycles. The molecule has 100 valence electrons. The lowest BCUT2D eigenvalue weighted by Crippen LogP contribution is -2.30. The van der Waals surface area contributed by atoms with E-state index in [9.17, 15) is 4.39 Å². The Morgan fingerprint density at radius 1 is 1.42 bits per heavy atom. The smallest absolute Gasteiger partial charge is 0.123 e. The van der Waals surface area contributed by atoms with Crippen molar-refractivity contribution in [2.45, 2.75) is 12.5 Å². The second kappa shape index (κ2) is 6.43. The molecule has 0 aliphatic heterocycles. The predicted octanol–water partition coefficient (Wildman–Crippen LogP) is 3.38. The maximum atomic E-state index is 13.3. The van der Waals surface area contributed by atoms with Crippen molar-refractivity contribution in [1.82, 2.24) is 10.4 Å². The summed E-state index contributed by atoms with van der Waals surface area (Å²) in [5, 5.41) is 0.565. The van der Waals surface area contributed by atoms with Crippen LogP contribution in [0.4, 0.5) is 4.39 Å². The Hall–Kier alpha value is -1.01. The molecular weight excluding hydrogens is 333 g/mol. The van der Waals surface area contributed by atoms with Gasteiger partial charge in [-0.05, 0) is 41.8 Å². The lowest BCUT2D eigenvalue weighted by molar-refractivity contribution is 0.542. The Morgan fingerprint density at radius 2 is 2.21 bits per heavy atom. The van der Waals surface area contributed by atoms with Crippen LogP contribution in [0, 0.1) is 5.82 Å². The first kappa shape index (κ1) is 14.4. The summed E-state index contributed by atoms with van der Waals surface area (Å²) in [4.78, 5) is 3.93. The number of benzene rings is 1. The molecule has 0 amide bonds. The average molecular weight is 345 g/mol. The van der Waals surface area contributed by atoms with Crippen LogP contribution in [0.2, 0.25) is 5.02 Å². The van der Waals surface area contributed by atoms with E-state index in [1.165, 1.54) is 12.1 Å². The molecule has 19 heavy (non-hydrogen) atoms. The third-order valence-electron chi connectivity index (χ3n) is 2.82. The average Bonchev–Trinajstić information content (AvgIpc) is 2.41. The molecule has 0 fully saturated rings. The second-order valence-corrected chi connectivity index (χ2v) is 5.32. The highest BCUT2D eigenvalue weighted by Crippen LogP contribution is 2.28. The van der Waals surface area contributed by atoms with Crippen molar-refractivity contribution in [2.75, 3.05) is 0 Å². The van der Waals surface area contributed by atoms with Gasteiger partial charge in [-0.2, -0.15) is 0 Å². The van der Waals surface area contributed by atoms with Gasteiger partial charge in [-0.1, -0.05) is 27.5 Å². The van der Waals surface area contributed by atoms with Crippen LogP contribution in [0.25, 0.3) is 0 Å². The van der Waals surface area contributed by atoms with Gasteiger partial charge in [0, 0.05) is 16.9 Å². The molecule has 1 aromatic heterocycles. The number of nitrogens with zero attached hydrogens (tertiary/aromatic N) is 1. The van der Waals surface area contributed by atoms with Crippen LogP contribution in [0.15, 0.2) is 41.1 Å². The highest BCUT2D eigenvalue weighted by atomic mass is 79.9. The highest BCUT2D eigenvalue weighted by Gasteiger charge is 2.16. The zero-order chi connectivity index (χ0) is 13.8. The number of hydrazine groups is 1. The van der Waals surface area contributed by atoms with E-state index in [2.05, 4.69) is 26.3 Å². The van der Waals surface area contributed by atoms with Gasteiger partial charge in [0.1, 0.15) is 5.82 Å². The van der Waals surface area contributed by atoms with Gasteiger partial charge in [-0.25, -0.2) is 4.39 Å². The number of hydrogen-bond donors (Lipinski definition) is 2. The summed E-state index contributed by atoms with van der Waals surface area (Å²) >= 11 is 9.46. The molecule has 0 aliphatic carbocycles. The van der Waals surface area contributed by atoms with E-state index in [0.29, 0.717) is 11.4 Å². The van der Waals surface area contributed by atoms with E-state index in [4.69, 9.17) is 17.4 Å². The summed E-state index contributed by atoms with van der Waals surface area (Å²) in [7, 11) is 0. The minimum Gasteiger partial charge on any atom is -0.271 e. The van der Waals surface area contributed by atoms with E-state index in [-0.39, 0.29) is 11.9 Å². The van der Waals surface area contributed by atoms with Crippen molar-refractivity contribution >= 4 is 27.5 Å². The number of halogens is 3. The van der Waals surface area contributed by atoms with Gasteiger partial charge in [-0.3, -0.25) is 16.3 Å². The van der Waals surface area contributed by atoms with Crippen molar-refractivity contribution in [2.24, 2.45) is 5.84 Å². The molecule has 1 heterocycles. The maximum absolute atomic E-state index is 13.3. The topological polar surface area (TPSA) is 50.9 Å². The summed E-state index contributed by atoms with van der Waals surface area (Å²) in [6, 6.07) is 6.07. The Kier molecular flexibility index (Phi) is 4.87. The van der Waals surface area contributed by atoms with Crippen LogP contribution in [0.1, 0.15) is 17.2 Å². The van der Waals surface area contributed by atoms with Crippen LogP contribution in [-0.2, 0) is 6.42 Å². The van der Waals surface area contributed by atoms with Crippen molar-refractivity contribution in [3.05, 3.63) is 63.1 Å². The summed E-state index contributed by atoms with van der Waals surface area (Å²) in [6.07, 6.45) is 3.78. The van der Waals surface area contributed by atoms with Gasteiger partial charge in [0.05, 0.1) is 11.1 Å². The first-order valence-electron chi connectivity index (χ1n) is 5.61. The van der Waals surface area contributed by atoms with Gasteiger partial charge >= 0.3 is 0 Å². The quantitative estimate of drug-likeness (QED) is 0.660. The fourth-order valence-corrected chi connectivity index (χ4v) is 2.55. The van der Waals surface area contributed by atoms with E-state index >= 15 is 0 Å². The van der Waals surface area contributed by atoms with Crippen molar-refractivity contribution in [1.29, 1.82) is 0 Å². The van der Waals surface area contributed by atoms with Crippen molar-refractivity contribution in [3.8, 4) is 0 Å². The van der Waals surface area contributed by atoms with Gasteiger partial charge in [0.25, 0.3) is 0 Å². The fourth-order valence-electron chi connectivity index (χ4n) is 1.83. The molecule has 2 aromatic rings. The van der Waals surface area contributed by atoms with Crippen molar-refractivity contribution in [3.63, 3.8) is 0 Å². The molecule has 1 unspecified atom stereocenters. The van der Waals surface area contributed by atoms with Crippen LogP contribution in [0.3, 0.4) is 0 Å². The van der Waals surface area contributed by atoms with Crippen LogP contribution >= 0.6 is 27.5 Å². The normalized spacial score (nSPS) is 12.4. The van der Waals surface area contributed by atoms with Gasteiger partial charge in [0.15, 0.2) is 0 Å². The van der Waals surface area contributed by atoms with E-state index in [0.717, 1.165) is 15.6 Å². The largest absolute Gasteiger partial charge is 0.271 e. The van der Waals surface area contributed by atoms with Crippen LogP contribution in [-0.4, -0.2) is 4.98 Å². The molecule has 0 aliphatic rings. The number of aromatic nitrogens is 1. The summed E-state index contributed by atoms with van der Waals surface area (Å²) in [5.41, 5.74) is 4.33. The predicted molar refractivity (Wildman–Crippen MR) is 77.1 cm³/mol. The standard InChI is InChI=1S/C13H12BrClFN3/c14-11-2-1-9(16)6-10(11)13(19-17)5-8-3-4-18-7-12(8)15/h1-4,6-7,13,19H,5,17H2. The van der Waals surface area contributed by atoms with E-state index < -0.39 is 0 Å². The third-order valence-corrected chi connectivity index (χ3v) is 3.88. The van der Waals surface area contributed by atoms with Crippen molar-refractivity contribution < 1.29 is 4.39 Å². The van der Waals surface area contributed by atoms with E-state index in [1.54, 1.807) is 18.5 Å². The lowest BCUT2D eigenvalue weighted by Gasteiger charge is -2.18. The summed E-state index contributed by atoms with van der Waals surface area (Å²) in [5.74, 6) is 5.26. The summed E-state index contributed by atoms with van der Waals surface area (Å²) < 4.78 is 14.1. The molecule has 6 heteroatoms. The fraction of sp³-hybridized carbons (Fsp3) is 0.154. The van der Waals surface area contributed by atoms with Crippen LogP contribution < -0.4 is 11.3 Å². The molecular formula is C13H12BrClFN3. The van der Waals surface area contributed by atoms with Gasteiger partial charge < -0.3 is 0 Å². The number of nitrogens with two attached hydrogens (primary N) is 1. The molecule has 2 rings (SSSR count). The number of pyridine rings is 1. The van der Waals surface area contributed by atoms with E-state index in [1.807, 2.05) is 6.07 Å². The Labute approximate surface area is 124 Å². The minimum atomic E-state index is -0.306. The third kappa shape index (κ3) is 3.51. The Morgan fingerprint density at radius 3 is 2.89 bits per heavy atom. The van der Waals surface area contributed by atoms with Gasteiger partial charge in [0.2, 0.25) is 0 Å². The Balaban J connectivity index is 2.30. The Bertz CT molecular complexity index is 580. The molecule has 1 atom stereocenters. The monoisotopic (exact) mass is 343 g/mol. The second-order valence-electron chi connectivity index (χ2n) is 4.06. The number of nitrogens with one attached hydrogen (secondary N) is 1. The highest BCUT2D eigenvalue weighted by molar-refractivity contribution is 9.10. The molecule has 0 saturated carbocycles. The zero-order valence-corrected chi connectivity index (χ0v) is 12.2. The zero-order valence-electron chi connectivity index (χ0n) is 9.91. The summed E-state index contributed by atoms with van der Waals surface area (Å²) in [6.45, 7) is 0. The maximum Gasteiger partial charge on any atom is 0.123 e.